The number of anilines is 1. The van der Waals surface area contributed by atoms with Crippen LogP contribution in [0.15, 0.2) is 34.2 Å². The van der Waals surface area contributed by atoms with Gasteiger partial charge < -0.3 is 10.2 Å². The van der Waals surface area contributed by atoms with E-state index in [4.69, 9.17) is 0 Å². The molecule has 0 fully saturated rings. The summed E-state index contributed by atoms with van der Waals surface area (Å²) in [5.74, 6) is -0.108. The number of hydrogen-bond acceptors (Lipinski definition) is 5. The second-order valence-electron chi connectivity index (χ2n) is 5.69. The van der Waals surface area contributed by atoms with E-state index in [2.05, 4.69) is 20.5 Å². The molecule has 9 heteroatoms. The van der Waals surface area contributed by atoms with Crippen molar-refractivity contribution in [1.82, 2.24) is 20.1 Å². The Morgan fingerprint density at radius 2 is 1.81 bits per heavy atom. The lowest BCUT2D eigenvalue weighted by Gasteiger charge is -2.21. The van der Waals surface area contributed by atoms with E-state index >= 15 is 0 Å². The van der Waals surface area contributed by atoms with Gasteiger partial charge in [-0.25, -0.2) is 9.89 Å². The van der Waals surface area contributed by atoms with Gasteiger partial charge in [0, 0.05) is 24.3 Å². The molecular formula is C17H23N5O3S. The summed E-state index contributed by atoms with van der Waals surface area (Å²) >= 11 is 1.12. The molecule has 0 aliphatic carbocycles. The Morgan fingerprint density at radius 3 is 2.35 bits per heavy atom. The van der Waals surface area contributed by atoms with Gasteiger partial charge in [0.2, 0.25) is 5.91 Å². The lowest BCUT2D eigenvalue weighted by atomic mass is 10.1. The number of benzene rings is 1. The third kappa shape index (κ3) is 5.76. The minimum atomic E-state index is -0.409. The molecule has 2 aromatic rings. The molecule has 0 atom stereocenters. The predicted molar refractivity (Wildman–Crippen MR) is 101 cm³/mol. The number of thioether (sulfide) groups is 1. The van der Waals surface area contributed by atoms with Gasteiger partial charge in [-0.15, -0.1) is 5.10 Å². The van der Waals surface area contributed by atoms with Crippen molar-refractivity contribution in [2.45, 2.75) is 31.8 Å². The van der Waals surface area contributed by atoms with E-state index in [1.165, 1.54) is 0 Å². The maximum absolute atomic E-state index is 12.5. The first-order valence-corrected chi connectivity index (χ1v) is 9.48. The minimum absolute atomic E-state index is 0.00428. The van der Waals surface area contributed by atoms with E-state index in [9.17, 15) is 14.4 Å². The van der Waals surface area contributed by atoms with Gasteiger partial charge in [-0.1, -0.05) is 25.6 Å². The number of carbonyl (C=O) groups excluding carboxylic acids is 2. The fourth-order valence-corrected chi connectivity index (χ4v) is 3.00. The SMILES string of the molecule is CCCN(CCC)C(=O)c1ccc(NC(=O)CSc2n[nH]c(=O)[nH]2)cc1. The second-order valence-corrected chi connectivity index (χ2v) is 6.65. The summed E-state index contributed by atoms with van der Waals surface area (Å²) in [7, 11) is 0. The molecule has 1 aromatic carbocycles. The van der Waals surface area contributed by atoms with Crippen LogP contribution >= 0.6 is 11.8 Å². The van der Waals surface area contributed by atoms with Crippen molar-refractivity contribution in [3.05, 3.63) is 40.3 Å². The lowest BCUT2D eigenvalue weighted by molar-refractivity contribution is -0.113. The molecule has 0 unspecified atom stereocenters. The number of amides is 2. The largest absolute Gasteiger partial charge is 0.341 e. The molecule has 0 saturated carbocycles. The van der Waals surface area contributed by atoms with Crippen molar-refractivity contribution in [3.8, 4) is 0 Å². The van der Waals surface area contributed by atoms with Crippen LogP contribution in [0.25, 0.3) is 0 Å². The standard InChI is InChI=1S/C17H23N5O3S/c1-3-9-22(10-4-2)15(24)12-5-7-13(8-6-12)18-14(23)11-26-17-19-16(25)20-21-17/h5-8H,3-4,9-11H2,1-2H3,(H,18,23)(H2,19,20,21,25). The number of H-pyrrole nitrogens is 2. The molecule has 1 aromatic heterocycles. The van der Waals surface area contributed by atoms with Gasteiger partial charge in [-0.2, -0.15) is 0 Å². The number of nitrogens with zero attached hydrogens (tertiary/aromatic N) is 2. The van der Waals surface area contributed by atoms with Crippen molar-refractivity contribution < 1.29 is 9.59 Å². The van der Waals surface area contributed by atoms with Crippen LogP contribution in [0.5, 0.6) is 0 Å². The molecule has 26 heavy (non-hydrogen) atoms. The summed E-state index contributed by atoms with van der Waals surface area (Å²) in [6.45, 7) is 5.56. The van der Waals surface area contributed by atoms with Crippen LogP contribution in [0.4, 0.5) is 5.69 Å². The average molecular weight is 377 g/mol. The van der Waals surface area contributed by atoms with E-state index in [1.54, 1.807) is 24.3 Å². The highest BCUT2D eigenvalue weighted by Gasteiger charge is 2.14. The van der Waals surface area contributed by atoms with Crippen molar-refractivity contribution >= 4 is 29.3 Å². The van der Waals surface area contributed by atoms with Gasteiger partial charge in [0.15, 0.2) is 5.16 Å². The van der Waals surface area contributed by atoms with Gasteiger partial charge >= 0.3 is 5.69 Å². The van der Waals surface area contributed by atoms with E-state index < -0.39 is 5.69 Å². The molecule has 0 bridgehead atoms. The third-order valence-electron chi connectivity index (χ3n) is 3.51. The molecule has 1 heterocycles. The fourth-order valence-electron chi connectivity index (χ4n) is 2.39. The summed E-state index contributed by atoms with van der Waals surface area (Å²) < 4.78 is 0. The van der Waals surface area contributed by atoms with Gasteiger partial charge in [0.05, 0.1) is 5.75 Å². The van der Waals surface area contributed by atoms with Crippen molar-refractivity contribution in [3.63, 3.8) is 0 Å². The van der Waals surface area contributed by atoms with Gasteiger partial charge in [-0.3, -0.25) is 14.6 Å². The van der Waals surface area contributed by atoms with E-state index in [0.29, 0.717) is 16.4 Å². The predicted octanol–water partition coefficient (Wildman–Crippen LogP) is 2.09. The Kier molecular flexibility index (Phi) is 7.46. The van der Waals surface area contributed by atoms with Crippen LogP contribution in [0.3, 0.4) is 0 Å². The summed E-state index contributed by atoms with van der Waals surface area (Å²) in [4.78, 5) is 39.7. The average Bonchev–Trinajstić information content (AvgIpc) is 3.05. The van der Waals surface area contributed by atoms with Crippen molar-refractivity contribution in [1.29, 1.82) is 0 Å². The lowest BCUT2D eigenvalue weighted by Crippen LogP contribution is -2.32. The minimum Gasteiger partial charge on any atom is -0.339 e. The maximum atomic E-state index is 12.5. The topological polar surface area (TPSA) is 111 Å². The molecule has 0 spiro atoms. The maximum Gasteiger partial charge on any atom is 0.341 e. The van der Waals surface area contributed by atoms with Crippen LogP contribution in [0.2, 0.25) is 0 Å². The molecule has 2 amide bonds. The van der Waals surface area contributed by atoms with Crippen LogP contribution in [-0.4, -0.2) is 50.7 Å². The first-order chi connectivity index (χ1) is 12.5. The Morgan fingerprint density at radius 1 is 1.15 bits per heavy atom. The van der Waals surface area contributed by atoms with Crippen molar-refractivity contribution in [2.24, 2.45) is 0 Å². The number of carbonyl (C=O) groups is 2. The quantitative estimate of drug-likeness (QED) is 0.580. The summed E-state index contributed by atoms with van der Waals surface area (Å²) in [5, 5.41) is 9.07. The monoisotopic (exact) mass is 377 g/mol. The Bertz CT molecular complexity index is 778. The van der Waals surface area contributed by atoms with E-state index in [0.717, 1.165) is 37.7 Å². The highest BCUT2D eigenvalue weighted by atomic mass is 32.2. The Labute approximate surface area is 155 Å². The number of hydrogen-bond donors (Lipinski definition) is 3. The van der Waals surface area contributed by atoms with Crippen LogP contribution in [-0.2, 0) is 4.79 Å². The molecule has 140 valence electrons. The molecule has 2 rings (SSSR count). The van der Waals surface area contributed by atoms with Crippen molar-refractivity contribution in [2.75, 3.05) is 24.2 Å². The molecule has 0 radical (unpaired) electrons. The highest BCUT2D eigenvalue weighted by molar-refractivity contribution is 7.99. The Hall–Kier alpha value is -2.55. The summed E-state index contributed by atoms with van der Waals surface area (Å²) in [6, 6.07) is 6.85. The molecule has 0 aliphatic heterocycles. The van der Waals surface area contributed by atoms with E-state index in [1.807, 2.05) is 18.7 Å². The molecule has 8 nitrogen and oxygen atoms in total. The number of aromatic nitrogens is 3. The number of rotatable bonds is 9. The number of nitrogens with one attached hydrogen (secondary N) is 3. The van der Waals surface area contributed by atoms with Gasteiger partial charge in [-0.05, 0) is 37.1 Å². The Balaban J connectivity index is 1.90. The fraction of sp³-hybridized carbons (Fsp3) is 0.412. The highest BCUT2D eigenvalue weighted by Crippen LogP contribution is 2.14. The van der Waals surface area contributed by atoms with Crippen LogP contribution in [0, 0.1) is 0 Å². The first kappa shape index (κ1) is 19.8. The summed E-state index contributed by atoms with van der Waals surface area (Å²) in [5.41, 5.74) is 0.807. The van der Waals surface area contributed by atoms with Crippen LogP contribution in [0.1, 0.15) is 37.0 Å². The molecule has 0 aliphatic rings. The number of aromatic amines is 2. The smallest absolute Gasteiger partial charge is 0.339 e. The van der Waals surface area contributed by atoms with Gasteiger partial charge in [0.25, 0.3) is 5.91 Å². The normalized spacial score (nSPS) is 10.5. The van der Waals surface area contributed by atoms with Gasteiger partial charge in [0.1, 0.15) is 0 Å². The zero-order valence-corrected chi connectivity index (χ0v) is 15.7. The molecule has 0 saturated heterocycles. The molecular weight excluding hydrogens is 354 g/mol. The van der Waals surface area contributed by atoms with Crippen LogP contribution < -0.4 is 11.0 Å². The third-order valence-corrected chi connectivity index (χ3v) is 4.38. The first-order valence-electron chi connectivity index (χ1n) is 8.50. The van der Waals surface area contributed by atoms with E-state index in [-0.39, 0.29) is 17.6 Å². The summed E-state index contributed by atoms with van der Waals surface area (Å²) in [6.07, 6.45) is 1.83. The molecule has 3 N–H and O–H groups in total. The zero-order valence-electron chi connectivity index (χ0n) is 14.9. The second kappa shape index (κ2) is 9.81. The zero-order chi connectivity index (χ0) is 18.9.